The summed E-state index contributed by atoms with van der Waals surface area (Å²) in [5, 5.41) is 10.3. The summed E-state index contributed by atoms with van der Waals surface area (Å²) in [6.07, 6.45) is 2.28. The molecule has 6 heteroatoms. The third-order valence-electron chi connectivity index (χ3n) is 4.40. The van der Waals surface area contributed by atoms with Crippen molar-refractivity contribution in [3.05, 3.63) is 40.8 Å². The molecule has 0 unspecified atom stereocenters. The monoisotopic (exact) mass is 339 g/mol. The molecule has 24 heavy (non-hydrogen) atoms. The van der Waals surface area contributed by atoms with Gasteiger partial charge in [0.2, 0.25) is 0 Å². The SMILES string of the molecule is Cc1c(C(=O)O)sc2nc(-c3ccccc3)nc(N3CCCC3)c12. The molecule has 1 fully saturated rings. The van der Waals surface area contributed by atoms with Crippen LogP contribution < -0.4 is 4.90 Å². The first-order valence-corrected chi connectivity index (χ1v) is 8.81. The lowest BCUT2D eigenvalue weighted by atomic mass is 10.1. The first-order chi connectivity index (χ1) is 11.6. The summed E-state index contributed by atoms with van der Waals surface area (Å²) >= 11 is 1.24. The van der Waals surface area contributed by atoms with E-state index in [1.54, 1.807) is 0 Å². The molecule has 0 radical (unpaired) electrons. The van der Waals surface area contributed by atoms with Crippen molar-refractivity contribution in [1.82, 2.24) is 9.97 Å². The van der Waals surface area contributed by atoms with E-state index in [4.69, 9.17) is 4.98 Å². The Morgan fingerprint density at radius 2 is 1.88 bits per heavy atom. The second kappa shape index (κ2) is 5.87. The summed E-state index contributed by atoms with van der Waals surface area (Å²) in [4.78, 5) is 24.4. The Balaban J connectivity index is 1.99. The molecule has 5 nitrogen and oxygen atoms in total. The Morgan fingerprint density at radius 3 is 2.54 bits per heavy atom. The number of aromatic nitrogens is 2. The van der Waals surface area contributed by atoms with Crippen LogP contribution in [-0.4, -0.2) is 34.1 Å². The summed E-state index contributed by atoms with van der Waals surface area (Å²) in [6.45, 7) is 3.77. The van der Waals surface area contributed by atoms with Crippen LogP contribution in [0.2, 0.25) is 0 Å². The van der Waals surface area contributed by atoms with Gasteiger partial charge in [0, 0.05) is 18.7 Å². The molecule has 122 valence electrons. The Hall–Kier alpha value is -2.47. The molecule has 4 rings (SSSR count). The van der Waals surface area contributed by atoms with Crippen LogP contribution in [0.4, 0.5) is 5.82 Å². The summed E-state index contributed by atoms with van der Waals surface area (Å²) in [5.41, 5.74) is 1.71. The van der Waals surface area contributed by atoms with E-state index in [2.05, 4.69) is 9.88 Å². The minimum absolute atomic E-state index is 0.352. The van der Waals surface area contributed by atoms with Crippen LogP contribution in [-0.2, 0) is 0 Å². The van der Waals surface area contributed by atoms with Crippen LogP contribution in [0.25, 0.3) is 21.6 Å². The van der Waals surface area contributed by atoms with Crippen LogP contribution in [0.5, 0.6) is 0 Å². The molecule has 3 heterocycles. The number of hydrogen-bond acceptors (Lipinski definition) is 5. The van der Waals surface area contributed by atoms with Crippen LogP contribution in [0.15, 0.2) is 30.3 Å². The highest BCUT2D eigenvalue weighted by molar-refractivity contribution is 7.20. The summed E-state index contributed by atoms with van der Waals surface area (Å²) in [6, 6.07) is 9.84. The van der Waals surface area contributed by atoms with Gasteiger partial charge < -0.3 is 10.0 Å². The van der Waals surface area contributed by atoms with Gasteiger partial charge >= 0.3 is 5.97 Å². The molecular formula is C18H17N3O2S. The maximum atomic E-state index is 11.5. The molecular weight excluding hydrogens is 322 g/mol. The fourth-order valence-electron chi connectivity index (χ4n) is 3.20. The van der Waals surface area contributed by atoms with E-state index >= 15 is 0 Å². The van der Waals surface area contributed by atoms with Crippen molar-refractivity contribution in [2.45, 2.75) is 19.8 Å². The quantitative estimate of drug-likeness (QED) is 0.782. The molecule has 0 bridgehead atoms. The standard InChI is InChI=1S/C18H17N3O2S/c1-11-13-16(21-9-5-6-10-21)19-15(12-7-3-2-4-8-12)20-17(13)24-14(11)18(22)23/h2-4,7-8H,5-6,9-10H2,1H3,(H,22,23). The molecule has 0 aliphatic carbocycles. The minimum Gasteiger partial charge on any atom is -0.477 e. The van der Waals surface area contributed by atoms with Gasteiger partial charge in [-0.15, -0.1) is 11.3 Å². The number of nitrogens with zero attached hydrogens (tertiary/aromatic N) is 3. The molecule has 0 spiro atoms. The van der Waals surface area contributed by atoms with Gasteiger partial charge in [0.1, 0.15) is 15.5 Å². The Morgan fingerprint density at radius 1 is 1.17 bits per heavy atom. The molecule has 1 aliphatic heterocycles. The molecule has 1 aromatic carbocycles. The van der Waals surface area contributed by atoms with Gasteiger partial charge in [-0.1, -0.05) is 30.3 Å². The number of aromatic carboxylic acids is 1. The molecule has 0 atom stereocenters. The lowest BCUT2D eigenvalue weighted by molar-refractivity contribution is 0.0701. The van der Waals surface area contributed by atoms with Gasteiger partial charge in [-0.05, 0) is 25.3 Å². The zero-order chi connectivity index (χ0) is 16.7. The van der Waals surface area contributed by atoms with E-state index in [9.17, 15) is 9.90 Å². The fraction of sp³-hybridized carbons (Fsp3) is 0.278. The van der Waals surface area contributed by atoms with E-state index in [1.165, 1.54) is 11.3 Å². The highest BCUT2D eigenvalue weighted by Crippen LogP contribution is 2.37. The number of anilines is 1. The van der Waals surface area contributed by atoms with Gasteiger partial charge in [0.25, 0.3) is 0 Å². The second-order valence-corrected chi connectivity index (χ2v) is 6.97. The number of carboxylic acids is 1. The number of aryl methyl sites for hydroxylation is 1. The Bertz CT molecular complexity index is 915. The number of rotatable bonds is 3. The van der Waals surface area contributed by atoms with Crippen LogP contribution in [0, 0.1) is 6.92 Å². The van der Waals surface area contributed by atoms with E-state index in [0.717, 1.165) is 53.1 Å². The van der Waals surface area contributed by atoms with Crippen molar-refractivity contribution in [1.29, 1.82) is 0 Å². The van der Waals surface area contributed by atoms with Crippen molar-refractivity contribution in [2.75, 3.05) is 18.0 Å². The van der Waals surface area contributed by atoms with Gasteiger partial charge in [-0.25, -0.2) is 14.8 Å². The molecule has 1 aliphatic rings. The van der Waals surface area contributed by atoms with Crippen LogP contribution in [0.1, 0.15) is 28.1 Å². The van der Waals surface area contributed by atoms with Gasteiger partial charge in [-0.2, -0.15) is 0 Å². The van der Waals surface area contributed by atoms with Crippen molar-refractivity contribution in [3.63, 3.8) is 0 Å². The lowest BCUT2D eigenvalue weighted by Gasteiger charge is -2.18. The smallest absolute Gasteiger partial charge is 0.346 e. The number of carbonyl (C=O) groups is 1. The highest BCUT2D eigenvalue weighted by Gasteiger charge is 2.24. The number of carboxylic acid groups (broad SMARTS) is 1. The molecule has 1 N–H and O–H groups in total. The molecule has 3 aromatic rings. The Labute approximate surface area is 143 Å². The average Bonchev–Trinajstić information content (AvgIpc) is 3.23. The molecule has 2 aromatic heterocycles. The average molecular weight is 339 g/mol. The fourth-order valence-corrected chi connectivity index (χ4v) is 4.21. The predicted molar refractivity (Wildman–Crippen MR) is 96.0 cm³/mol. The van der Waals surface area contributed by atoms with Crippen molar-refractivity contribution in [2.24, 2.45) is 0 Å². The predicted octanol–water partition coefficient (Wildman–Crippen LogP) is 3.97. The maximum Gasteiger partial charge on any atom is 0.346 e. The van der Waals surface area contributed by atoms with E-state index in [1.807, 2.05) is 37.3 Å². The number of fused-ring (bicyclic) bond motifs is 1. The summed E-state index contributed by atoms with van der Waals surface area (Å²) < 4.78 is 0. The van der Waals surface area contributed by atoms with E-state index in [-0.39, 0.29) is 0 Å². The third kappa shape index (κ3) is 2.43. The van der Waals surface area contributed by atoms with Gasteiger partial charge in [-0.3, -0.25) is 0 Å². The topological polar surface area (TPSA) is 66.3 Å². The largest absolute Gasteiger partial charge is 0.477 e. The Kier molecular flexibility index (Phi) is 3.69. The number of benzene rings is 1. The lowest BCUT2D eigenvalue weighted by Crippen LogP contribution is -2.20. The van der Waals surface area contributed by atoms with Crippen molar-refractivity contribution in [3.8, 4) is 11.4 Å². The zero-order valence-electron chi connectivity index (χ0n) is 13.3. The van der Waals surface area contributed by atoms with Crippen molar-refractivity contribution >= 4 is 33.3 Å². The van der Waals surface area contributed by atoms with E-state index < -0.39 is 5.97 Å². The summed E-state index contributed by atoms with van der Waals surface area (Å²) in [7, 11) is 0. The van der Waals surface area contributed by atoms with E-state index in [0.29, 0.717) is 10.7 Å². The van der Waals surface area contributed by atoms with Crippen molar-refractivity contribution < 1.29 is 9.90 Å². The van der Waals surface area contributed by atoms with Gasteiger partial charge in [0.05, 0.1) is 5.39 Å². The first kappa shape index (κ1) is 15.1. The zero-order valence-corrected chi connectivity index (χ0v) is 14.1. The molecule has 0 saturated carbocycles. The molecule has 0 amide bonds. The third-order valence-corrected chi connectivity index (χ3v) is 5.58. The number of thiophene rings is 1. The second-order valence-electron chi connectivity index (χ2n) is 5.97. The van der Waals surface area contributed by atoms with Gasteiger partial charge in [0.15, 0.2) is 5.82 Å². The minimum atomic E-state index is -0.899. The molecule has 1 saturated heterocycles. The number of hydrogen-bond donors (Lipinski definition) is 1. The highest BCUT2D eigenvalue weighted by atomic mass is 32.1. The maximum absolute atomic E-state index is 11.5. The summed E-state index contributed by atoms with van der Waals surface area (Å²) in [5.74, 6) is 0.630. The normalized spacial score (nSPS) is 14.5. The first-order valence-electron chi connectivity index (χ1n) is 8.00. The van der Waals surface area contributed by atoms with Crippen LogP contribution >= 0.6 is 11.3 Å². The van der Waals surface area contributed by atoms with Crippen LogP contribution in [0.3, 0.4) is 0 Å².